The van der Waals surface area contributed by atoms with E-state index in [1.807, 2.05) is 6.26 Å². The Labute approximate surface area is 117 Å². The van der Waals surface area contributed by atoms with Crippen molar-refractivity contribution < 1.29 is 15.0 Å². The molecule has 0 bridgehead atoms. The number of aromatic hydroxyl groups is 2. The molecule has 0 saturated heterocycles. The number of carbonyl (C=O) groups excluding carboxylic acids is 1. The third-order valence-electron chi connectivity index (χ3n) is 2.72. The van der Waals surface area contributed by atoms with Crippen LogP contribution in [0.5, 0.6) is 11.5 Å². The van der Waals surface area contributed by atoms with Crippen LogP contribution in [-0.4, -0.2) is 40.7 Å². The first kappa shape index (κ1) is 15.7. The van der Waals surface area contributed by atoms with Crippen LogP contribution in [0, 0.1) is 0 Å². The van der Waals surface area contributed by atoms with E-state index in [0.717, 1.165) is 11.3 Å². The van der Waals surface area contributed by atoms with Crippen LogP contribution in [0.25, 0.3) is 0 Å². The van der Waals surface area contributed by atoms with Crippen molar-refractivity contribution in [1.29, 1.82) is 0 Å². The lowest BCUT2D eigenvalue weighted by molar-refractivity contribution is -0.122. The lowest BCUT2D eigenvalue weighted by Crippen LogP contribution is -2.41. The average Bonchev–Trinajstić information content (AvgIpc) is 2.39. The lowest BCUT2D eigenvalue weighted by Gasteiger charge is -2.11. The summed E-state index contributed by atoms with van der Waals surface area (Å²) in [5, 5.41) is 21.3. The highest BCUT2D eigenvalue weighted by Crippen LogP contribution is 2.24. The lowest BCUT2D eigenvalue weighted by atomic mass is 10.1. The molecule has 1 unspecified atom stereocenters. The van der Waals surface area contributed by atoms with Gasteiger partial charge in [0.05, 0.1) is 6.04 Å². The molecule has 0 radical (unpaired) electrons. The van der Waals surface area contributed by atoms with E-state index in [4.69, 9.17) is 5.73 Å². The van der Waals surface area contributed by atoms with Gasteiger partial charge in [0.25, 0.3) is 0 Å². The third kappa shape index (κ3) is 5.40. The molecule has 1 aromatic carbocycles. The van der Waals surface area contributed by atoms with Gasteiger partial charge < -0.3 is 21.3 Å². The number of nitrogens with one attached hydrogen (secondary N) is 1. The number of benzene rings is 1. The van der Waals surface area contributed by atoms with Gasteiger partial charge in [-0.15, -0.1) is 0 Å². The van der Waals surface area contributed by atoms with Crippen LogP contribution in [0.1, 0.15) is 12.0 Å². The van der Waals surface area contributed by atoms with Gasteiger partial charge in [-0.1, -0.05) is 6.07 Å². The molecule has 0 aliphatic carbocycles. The number of phenolic OH excluding ortho intramolecular Hbond substituents is 2. The average molecular weight is 284 g/mol. The van der Waals surface area contributed by atoms with Gasteiger partial charge in [0.1, 0.15) is 0 Å². The minimum Gasteiger partial charge on any atom is -0.504 e. The maximum Gasteiger partial charge on any atom is 0.236 e. The molecule has 0 saturated carbocycles. The van der Waals surface area contributed by atoms with Crippen LogP contribution in [-0.2, 0) is 11.2 Å². The summed E-state index contributed by atoms with van der Waals surface area (Å²) in [5.74, 6) is 0.407. The highest BCUT2D eigenvalue weighted by atomic mass is 32.2. The summed E-state index contributed by atoms with van der Waals surface area (Å²) in [5.41, 5.74) is 6.57. The first-order valence-electron chi connectivity index (χ1n) is 6.07. The van der Waals surface area contributed by atoms with Gasteiger partial charge in [-0.05, 0) is 42.5 Å². The van der Waals surface area contributed by atoms with Gasteiger partial charge in [0.15, 0.2) is 11.5 Å². The third-order valence-corrected chi connectivity index (χ3v) is 3.37. The summed E-state index contributed by atoms with van der Waals surface area (Å²) in [7, 11) is 0. The van der Waals surface area contributed by atoms with E-state index in [1.165, 1.54) is 12.1 Å². The molecule has 0 heterocycles. The molecule has 1 rings (SSSR count). The Morgan fingerprint density at radius 1 is 1.42 bits per heavy atom. The Balaban J connectivity index is 2.33. The largest absolute Gasteiger partial charge is 0.504 e. The molecule has 1 aromatic rings. The predicted molar refractivity (Wildman–Crippen MR) is 77.5 cm³/mol. The van der Waals surface area contributed by atoms with Crippen molar-refractivity contribution in [3.63, 3.8) is 0 Å². The Hall–Kier alpha value is -1.40. The normalized spacial score (nSPS) is 12.1. The summed E-state index contributed by atoms with van der Waals surface area (Å²) >= 11 is 1.66. The molecule has 0 aliphatic heterocycles. The standard InChI is InChI=1S/C13H20N2O3S/c1-19-7-5-10(14)13(18)15-6-4-9-2-3-11(16)12(17)8-9/h2-3,8,10,16-17H,4-7,14H2,1H3,(H,15,18). The monoisotopic (exact) mass is 284 g/mol. The van der Waals surface area contributed by atoms with Crippen LogP contribution in [0.3, 0.4) is 0 Å². The van der Waals surface area contributed by atoms with Gasteiger partial charge in [-0.25, -0.2) is 0 Å². The summed E-state index contributed by atoms with van der Waals surface area (Å²) in [4.78, 5) is 11.6. The molecule has 1 atom stereocenters. The van der Waals surface area contributed by atoms with Gasteiger partial charge >= 0.3 is 0 Å². The van der Waals surface area contributed by atoms with Gasteiger partial charge in [0, 0.05) is 6.54 Å². The van der Waals surface area contributed by atoms with Crippen molar-refractivity contribution in [2.24, 2.45) is 5.73 Å². The smallest absolute Gasteiger partial charge is 0.236 e. The second-order valence-corrected chi connectivity index (χ2v) is 5.24. The maximum atomic E-state index is 11.6. The van der Waals surface area contributed by atoms with E-state index in [1.54, 1.807) is 17.8 Å². The van der Waals surface area contributed by atoms with Crippen molar-refractivity contribution in [3.8, 4) is 11.5 Å². The van der Waals surface area contributed by atoms with E-state index >= 15 is 0 Å². The molecule has 106 valence electrons. The maximum absolute atomic E-state index is 11.6. The van der Waals surface area contributed by atoms with E-state index in [0.29, 0.717) is 19.4 Å². The number of thioether (sulfide) groups is 1. The minimum absolute atomic E-state index is 0.146. The molecule has 5 N–H and O–H groups in total. The zero-order valence-electron chi connectivity index (χ0n) is 10.9. The second kappa shape index (κ2) is 7.91. The SMILES string of the molecule is CSCCC(N)C(=O)NCCc1ccc(O)c(O)c1. The van der Waals surface area contributed by atoms with E-state index in [2.05, 4.69) is 5.32 Å². The number of hydrogen-bond donors (Lipinski definition) is 4. The first-order chi connectivity index (χ1) is 9.04. The Morgan fingerprint density at radius 3 is 2.79 bits per heavy atom. The second-order valence-electron chi connectivity index (χ2n) is 4.25. The molecular weight excluding hydrogens is 264 g/mol. The van der Waals surface area contributed by atoms with E-state index in [-0.39, 0.29) is 17.4 Å². The van der Waals surface area contributed by atoms with Crippen molar-refractivity contribution in [1.82, 2.24) is 5.32 Å². The number of phenols is 2. The molecule has 0 fully saturated rings. The quantitative estimate of drug-likeness (QED) is 0.556. The number of nitrogens with two attached hydrogens (primary N) is 1. The number of amides is 1. The summed E-state index contributed by atoms with van der Waals surface area (Å²) in [6.45, 7) is 0.454. The van der Waals surface area contributed by atoms with Gasteiger partial charge in [-0.2, -0.15) is 11.8 Å². The Morgan fingerprint density at radius 2 is 2.16 bits per heavy atom. The van der Waals surface area contributed by atoms with Crippen LogP contribution < -0.4 is 11.1 Å². The van der Waals surface area contributed by atoms with Crippen molar-refractivity contribution in [2.45, 2.75) is 18.9 Å². The zero-order chi connectivity index (χ0) is 14.3. The Kier molecular flexibility index (Phi) is 6.52. The summed E-state index contributed by atoms with van der Waals surface area (Å²) in [6.07, 6.45) is 3.21. The minimum atomic E-state index is -0.472. The molecule has 0 spiro atoms. The fourth-order valence-electron chi connectivity index (χ4n) is 1.56. The molecule has 19 heavy (non-hydrogen) atoms. The highest BCUT2D eigenvalue weighted by molar-refractivity contribution is 7.98. The zero-order valence-corrected chi connectivity index (χ0v) is 11.7. The predicted octanol–water partition coefficient (Wildman–Crippen LogP) is 0.837. The highest BCUT2D eigenvalue weighted by Gasteiger charge is 2.11. The van der Waals surface area contributed by atoms with Gasteiger partial charge in [0.2, 0.25) is 5.91 Å². The number of carbonyl (C=O) groups is 1. The van der Waals surface area contributed by atoms with E-state index in [9.17, 15) is 15.0 Å². The van der Waals surface area contributed by atoms with Crippen LogP contribution >= 0.6 is 11.8 Å². The van der Waals surface area contributed by atoms with Gasteiger partial charge in [-0.3, -0.25) is 4.79 Å². The first-order valence-corrected chi connectivity index (χ1v) is 7.47. The number of hydrogen-bond acceptors (Lipinski definition) is 5. The van der Waals surface area contributed by atoms with Crippen molar-refractivity contribution >= 4 is 17.7 Å². The topological polar surface area (TPSA) is 95.6 Å². The Bertz CT molecular complexity index is 426. The summed E-state index contributed by atoms with van der Waals surface area (Å²) < 4.78 is 0. The van der Waals surface area contributed by atoms with Crippen LogP contribution in [0.15, 0.2) is 18.2 Å². The molecule has 0 aliphatic rings. The molecule has 5 nitrogen and oxygen atoms in total. The molecule has 1 amide bonds. The van der Waals surface area contributed by atoms with Crippen molar-refractivity contribution in [2.75, 3.05) is 18.6 Å². The molecule has 6 heteroatoms. The van der Waals surface area contributed by atoms with Crippen LogP contribution in [0.4, 0.5) is 0 Å². The van der Waals surface area contributed by atoms with E-state index < -0.39 is 6.04 Å². The summed E-state index contributed by atoms with van der Waals surface area (Å²) in [6, 6.07) is 4.14. The fourth-order valence-corrected chi connectivity index (χ4v) is 2.05. The fraction of sp³-hybridized carbons (Fsp3) is 0.462. The molecule has 0 aromatic heterocycles. The number of rotatable bonds is 7. The van der Waals surface area contributed by atoms with Crippen LogP contribution in [0.2, 0.25) is 0 Å². The van der Waals surface area contributed by atoms with Crippen molar-refractivity contribution in [3.05, 3.63) is 23.8 Å². The molecular formula is C13H20N2O3S.